The summed E-state index contributed by atoms with van der Waals surface area (Å²) in [6, 6.07) is 5.55. The highest BCUT2D eigenvalue weighted by molar-refractivity contribution is 7.89. The summed E-state index contributed by atoms with van der Waals surface area (Å²) in [5.74, 6) is 2.10. The van der Waals surface area contributed by atoms with E-state index < -0.39 is 16.1 Å². The number of likely N-dealkylation sites (tertiary alicyclic amines) is 1. The van der Waals surface area contributed by atoms with Crippen LogP contribution in [-0.2, 0) is 19.6 Å². The van der Waals surface area contributed by atoms with Crippen molar-refractivity contribution in [2.45, 2.75) is 82.2 Å². The molecule has 5 aliphatic rings. The number of amides is 2. The zero-order chi connectivity index (χ0) is 23.4. The van der Waals surface area contributed by atoms with E-state index >= 15 is 0 Å². The van der Waals surface area contributed by atoms with E-state index in [-0.39, 0.29) is 28.2 Å². The van der Waals surface area contributed by atoms with Crippen molar-refractivity contribution in [3.05, 3.63) is 24.3 Å². The molecule has 1 aromatic rings. The van der Waals surface area contributed by atoms with Crippen molar-refractivity contribution >= 4 is 27.5 Å². The maximum atomic E-state index is 13.8. The zero-order valence-electron chi connectivity index (χ0n) is 19.5. The molecule has 2 amide bonds. The third kappa shape index (κ3) is 4.32. The average molecular weight is 474 g/mol. The Morgan fingerprint density at radius 1 is 1.00 bits per heavy atom. The molecule has 33 heavy (non-hydrogen) atoms. The monoisotopic (exact) mass is 473 g/mol. The van der Waals surface area contributed by atoms with Crippen molar-refractivity contribution in [1.29, 1.82) is 0 Å². The van der Waals surface area contributed by atoms with E-state index in [9.17, 15) is 18.0 Å². The Labute approximate surface area is 196 Å². The van der Waals surface area contributed by atoms with Crippen molar-refractivity contribution in [1.82, 2.24) is 9.62 Å². The number of rotatable bonds is 6. The van der Waals surface area contributed by atoms with Gasteiger partial charge in [-0.3, -0.25) is 9.59 Å². The van der Waals surface area contributed by atoms with Crippen LogP contribution in [0.2, 0.25) is 0 Å². The van der Waals surface area contributed by atoms with Gasteiger partial charge in [0.1, 0.15) is 6.04 Å². The minimum atomic E-state index is -3.58. The second-order valence-corrected chi connectivity index (χ2v) is 12.9. The number of hydrogen-bond donors (Lipinski definition) is 2. The van der Waals surface area contributed by atoms with Crippen LogP contribution in [0.1, 0.15) is 65.2 Å². The molecule has 1 aliphatic heterocycles. The van der Waals surface area contributed by atoms with Crippen molar-refractivity contribution in [3.8, 4) is 0 Å². The molecule has 1 atom stereocenters. The highest BCUT2D eigenvalue weighted by atomic mass is 32.2. The second-order valence-electron chi connectivity index (χ2n) is 11.1. The third-order valence-electron chi connectivity index (χ3n) is 8.13. The maximum absolute atomic E-state index is 13.8. The van der Waals surface area contributed by atoms with Crippen molar-refractivity contribution in [3.63, 3.8) is 0 Å². The van der Waals surface area contributed by atoms with E-state index in [1.54, 1.807) is 26.0 Å². The molecule has 1 heterocycles. The highest BCUT2D eigenvalue weighted by Gasteiger charge is 2.56. The lowest BCUT2D eigenvalue weighted by Crippen LogP contribution is -2.56. The van der Waals surface area contributed by atoms with E-state index in [0.717, 1.165) is 25.7 Å². The molecular formula is C25H35N3O4S. The predicted octanol–water partition coefficient (Wildman–Crippen LogP) is 3.52. The number of hydrogen-bond acceptors (Lipinski definition) is 4. The molecule has 5 fully saturated rings. The first-order valence-electron chi connectivity index (χ1n) is 12.4. The second kappa shape index (κ2) is 8.38. The van der Waals surface area contributed by atoms with Crippen LogP contribution >= 0.6 is 0 Å². The fraction of sp³-hybridized carbons (Fsp3) is 0.680. The molecule has 4 saturated carbocycles. The molecule has 8 heteroatoms. The number of benzene rings is 1. The average Bonchev–Trinajstić information content (AvgIpc) is 3.21. The number of nitrogens with zero attached hydrogens (tertiary/aromatic N) is 1. The number of carbonyl (C=O) groups is 2. The molecule has 2 N–H and O–H groups in total. The van der Waals surface area contributed by atoms with Gasteiger partial charge in [0, 0.05) is 18.3 Å². The van der Waals surface area contributed by atoms with Crippen LogP contribution in [0.25, 0.3) is 0 Å². The molecule has 6 rings (SSSR count). The highest BCUT2D eigenvalue weighted by Crippen LogP contribution is 2.60. The predicted molar refractivity (Wildman–Crippen MR) is 126 cm³/mol. The van der Waals surface area contributed by atoms with Gasteiger partial charge in [0.25, 0.3) is 0 Å². The SMILES string of the molecule is CC(C)NS(=O)(=O)c1ccc(NC(=O)[C@H]2CCCN2C(=O)C23CC4CC(CC(C4)C2)C3)cc1. The summed E-state index contributed by atoms with van der Waals surface area (Å²) in [6.45, 7) is 4.19. The summed E-state index contributed by atoms with van der Waals surface area (Å²) in [7, 11) is -3.58. The number of sulfonamides is 1. The number of carbonyl (C=O) groups excluding carboxylic acids is 2. The van der Waals surface area contributed by atoms with E-state index in [1.807, 2.05) is 4.90 Å². The van der Waals surface area contributed by atoms with Crippen LogP contribution in [-0.4, -0.2) is 43.8 Å². The standard InChI is InChI=1S/C25H35N3O4S/c1-16(2)27-33(31,32)21-7-5-20(6-8-21)26-23(29)22-4-3-9-28(22)24(30)25-13-17-10-18(14-25)12-19(11-17)15-25/h5-8,16-19,22,27H,3-4,9-15H2,1-2H3,(H,26,29)/t17?,18?,19?,22-,25?/m1/s1. The molecule has 4 aliphatic carbocycles. The van der Waals surface area contributed by atoms with Gasteiger partial charge >= 0.3 is 0 Å². The van der Waals surface area contributed by atoms with Crippen molar-refractivity contribution in [2.75, 3.05) is 11.9 Å². The topological polar surface area (TPSA) is 95.6 Å². The van der Waals surface area contributed by atoms with E-state index in [1.165, 1.54) is 31.4 Å². The van der Waals surface area contributed by atoms with Gasteiger partial charge in [-0.1, -0.05) is 0 Å². The molecule has 1 aromatic carbocycles. The van der Waals surface area contributed by atoms with Gasteiger partial charge in [0.2, 0.25) is 21.8 Å². The minimum Gasteiger partial charge on any atom is -0.330 e. The van der Waals surface area contributed by atoms with Gasteiger partial charge in [-0.2, -0.15) is 0 Å². The first-order chi connectivity index (χ1) is 15.6. The lowest BCUT2D eigenvalue weighted by atomic mass is 9.49. The van der Waals surface area contributed by atoms with Gasteiger partial charge < -0.3 is 10.2 Å². The van der Waals surface area contributed by atoms with E-state index in [4.69, 9.17) is 0 Å². The minimum absolute atomic E-state index is 0.161. The Bertz CT molecular complexity index is 999. The van der Waals surface area contributed by atoms with E-state index in [0.29, 0.717) is 36.4 Å². The van der Waals surface area contributed by atoms with Gasteiger partial charge in [-0.15, -0.1) is 0 Å². The third-order valence-corrected chi connectivity index (χ3v) is 9.81. The van der Waals surface area contributed by atoms with Crippen LogP contribution in [0.3, 0.4) is 0 Å². The molecule has 0 spiro atoms. The lowest BCUT2D eigenvalue weighted by Gasteiger charge is -2.56. The van der Waals surface area contributed by atoms with Crippen molar-refractivity contribution < 1.29 is 18.0 Å². The molecule has 0 aromatic heterocycles. The molecular weight excluding hydrogens is 438 g/mol. The summed E-state index contributed by atoms with van der Waals surface area (Å²) in [5, 5.41) is 2.91. The Hall–Kier alpha value is -1.93. The van der Waals surface area contributed by atoms with Crippen LogP contribution < -0.4 is 10.0 Å². The smallest absolute Gasteiger partial charge is 0.247 e. The number of nitrogens with one attached hydrogen (secondary N) is 2. The molecule has 180 valence electrons. The quantitative estimate of drug-likeness (QED) is 0.661. The van der Waals surface area contributed by atoms with Gasteiger partial charge in [0.05, 0.1) is 10.3 Å². The summed E-state index contributed by atoms with van der Waals surface area (Å²) in [5.41, 5.74) is 0.300. The molecule has 7 nitrogen and oxygen atoms in total. The van der Waals surface area contributed by atoms with Crippen molar-refractivity contribution in [2.24, 2.45) is 23.2 Å². The number of anilines is 1. The Kier molecular flexibility index (Phi) is 5.80. The fourth-order valence-electron chi connectivity index (χ4n) is 7.28. The summed E-state index contributed by atoms with van der Waals surface area (Å²) in [4.78, 5) is 28.9. The largest absolute Gasteiger partial charge is 0.330 e. The molecule has 4 bridgehead atoms. The summed E-state index contributed by atoms with van der Waals surface area (Å²) in [6.07, 6.45) is 8.39. The maximum Gasteiger partial charge on any atom is 0.247 e. The van der Waals surface area contributed by atoms with Gasteiger partial charge in [-0.05, 0) is 107 Å². The van der Waals surface area contributed by atoms with Crippen LogP contribution in [0.15, 0.2) is 29.2 Å². The lowest BCUT2D eigenvalue weighted by molar-refractivity contribution is -0.160. The van der Waals surface area contributed by atoms with Gasteiger partial charge in [-0.25, -0.2) is 13.1 Å². The molecule has 1 saturated heterocycles. The summed E-state index contributed by atoms with van der Waals surface area (Å²) < 4.78 is 27.2. The van der Waals surface area contributed by atoms with E-state index in [2.05, 4.69) is 10.0 Å². The first-order valence-corrected chi connectivity index (χ1v) is 13.9. The van der Waals surface area contributed by atoms with Crippen LogP contribution in [0, 0.1) is 23.2 Å². The molecule has 0 unspecified atom stereocenters. The molecule has 0 radical (unpaired) electrons. The zero-order valence-corrected chi connectivity index (χ0v) is 20.4. The van der Waals surface area contributed by atoms with Crippen LogP contribution in [0.4, 0.5) is 5.69 Å². The Balaban J connectivity index is 1.27. The fourth-order valence-corrected chi connectivity index (χ4v) is 8.53. The summed E-state index contributed by atoms with van der Waals surface area (Å²) >= 11 is 0. The first kappa shape index (κ1) is 22.8. The van der Waals surface area contributed by atoms with Gasteiger partial charge in [0.15, 0.2) is 0 Å². The normalized spacial score (nSPS) is 33.0. The Morgan fingerprint density at radius 2 is 1.58 bits per heavy atom. The van der Waals surface area contributed by atoms with Crippen LogP contribution in [0.5, 0.6) is 0 Å². The Morgan fingerprint density at radius 3 is 2.12 bits per heavy atom.